The number of unbranched alkanes of at least 4 members (excludes halogenated alkanes) is 1. The number of halogens is 1. The van der Waals surface area contributed by atoms with Gasteiger partial charge >= 0.3 is 0 Å². The Bertz CT molecular complexity index is 250. The van der Waals surface area contributed by atoms with Crippen LogP contribution in [-0.4, -0.2) is 10.2 Å². The van der Waals surface area contributed by atoms with Gasteiger partial charge in [-0.05, 0) is 28.8 Å². The Balaban J connectivity index is 2.56. The van der Waals surface area contributed by atoms with Crippen molar-refractivity contribution < 1.29 is 0 Å². The molecule has 0 saturated heterocycles. The van der Waals surface area contributed by atoms with Gasteiger partial charge in [0.15, 0.2) is 3.92 Å². The van der Waals surface area contributed by atoms with E-state index in [-0.39, 0.29) is 0 Å². The van der Waals surface area contributed by atoms with E-state index in [1.807, 2.05) is 0 Å². The second-order valence-electron chi connectivity index (χ2n) is 3.14. The maximum absolute atomic E-state index is 4.16. The van der Waals surface area contributed by atoms with E-state index in [0.29, 0.717) is 5.92 Å². The summed E-state index contributed by atoms with van der Waals surface area (Å²) in [6.45, 7) is 4.44. The van der Waals surface area contributed by atoms with Crippen molar-refractivity contribution in [2.75, 3.05) is 0 Å². The second-order valence-corrected chi connectivity index (χ2v) is 5.43. The maximum atomic E-state index is 4.16. The minimum Gasteiger partial charge on any atom is -0.142 e. The highest BCUT2D eigenvalue weighted by Gasteiger charge is 2.13. The maximum Gasteiger partial charge on any atom is 0.183 e. The molecule has 0 aliphatic carbocycles. The summed E-state index contributed by atoms with van der Waals surface area (Å²) in [6.07, 6.45) is 4.96. The third kappa shape index (κ3) is 3.35. The zero-order valence-electron chi connectivity index (χ0n) is 8.09. The van der Waals surface area contributed by atoms with Crippen LogP contribution in [0.1, 0.15) is 50.5 Å². The van der Waals surface area contributed by atoms with Gasteiger partial charge < -0.3 is 0 Å². The Hall–Kier alpha value is 0.0400. The molecule has 0 bridgehead atoms. The summed E-state index contributed by atoms with van der Waals surface area (Å²) in [5.74, 6) is 0.615. The SMILES string of the molecule is CCCCC(CC)c1nnc(Br)s1. The Kier molecular flexibility index (Phi) is 4.88. The van der Waals surface area contributed by atoms with Crippen LogP contribution < -0.4 is 0 Å². The molecule has 1 rings (SSSR count). The van der Waals surface area contributed by atoms with Crippen LogP contribution >= 0.6 is 27.3 Å². The van der Waals surface area contributed by atoms with Gasteiger partial charge in [-0.25, -0.2) is 0 Å². The van der Waals surface area contributed by atoms with E-state index in [4.69, 9.17) is 0 Å². The van der Waals surface area contributed by atoms with Gasteiger partial charge in [-0.1, -0.05) is 38.0 Å². The topological polar surface area (TPSA) is 25.8 Å². The first-order chi connectivity index (χ1) is 6.27. The number of rotatable bonds is 5. The Morgan fingerprint density at radius 3 is 2.62 bits per heavy atom. The fourth-order valence-corrected chi connectivity index (χ4v) is 2.70. The molecular weight excluding hydrogens is 248 g/mol. The van der Waals surface area contributed by atoms with Crippen molar-refractivity contribution >= 4 is 27.3 Å². The Labute approximate surface area is 91.9 Å². The molecule has 0 aliphatic heterocycles. The van der Waals surface area contributed by atoms with Crippen LogP contribution in [-0.2, 0) is 0 Å². The number of nitrogens with zero attached hydrogens (tertiary/aromatic N) is 2. The molecule has 1 aromatic rings. The minimum atomic E-state index is 0.615. The highest BCUT2D eigenvalue weighted by atomic mass is 79.9. The first-order valence-electron chi connectivity index (χ1n) is 4.76. The van der Waals surface area contributed by atoms with Crippen LogP contribution in [0.25, 0.3) is 0 Å². The molecule has 1 atom stereocenters. The average molecular weight is 263 g/mol. The molecule has 0 aromatic carbocycles. The van der Waals surface area contributed by atoms with E-state index in [1.54, 1.807) is 11.3 Å². The minimum absolute atomic E-state index is 0.615. The molecule has 4 heteroatoms. The predicted molar refractivity (Wildman–Crippen MR) is 60.2 cm³/mol. The molecule has 74 valence electrons. The molecule has 0 aliphatic rings. The lowest BCUT2D eigenvalue weighted by Crippen LogP contribution is -1.96. The highest BCUT2D eigenvalue weighted by Crippen LogP contribution is 2.29. The number of hydrogen-bond acceptors (Lipinski definition) is 3. The lowest BCUT2D eigenvalue weighted by molar-refractivity contribution is 0.563. The van der Waals surface area contributed by atoms with Crippen molar-refractivity contribution in [3.05, 3.63) is 8.92 Å². The van der Waals surface area contributed by atoms with Gasteiger partial charge in [-0.2, -0.15) is 0 Å². The predicted octanol–water partition coefficient (Wildman–Crippen LogP) is 3.98. The lowest BCUT2D eigenvalue weighted by Gasteiger charge is -2.09. The zero-order valence-corrected chi connectivity index (χ0v) is 10.5. The van der Waals surface area contributed by atoms with Crippen LogP contribution in [0.2, 0.25) is 0 Å². The zero-order chi connectivity index (χ0) is 9.68. The fraction of sp³-hybridized carbons (Fsp3) is 0.778. The highest BCUT2D eigenvalue weighted by molar-refractivity contribution is 9.11. The fourth-order valence-electron chi connectivity index (χ4n) is 1.33. The van der Waals surface area contributed by atoms with E-state index in [9.17, 15) is 0 Å². The smallest absolute Gasteiger partial charge is 0.142 e. The van der Waals surface area contributed by atoms with Gasteiger partial charge in [-0.3, -0.25) is 0 Å². The summed E-state index contributed by atoms with van der Waals surface area (Å²) < 4.78 is 0.900. The largest absolute Gasteiger partial charge is 0.183 e. The summed E-state index contributed by atoms with van der Waals surface area (Å²) in [7, 11) is 0. The van der Waals surface area contributed by atoms with Crippen molar-refractivity contribution in [1.29, 1.82) is 0 Å². The molecular formula is C9H15BrN2S. The van der Waals surface area contributed by atoms with E-state index in [1.165, 1.54) is 30.7 Å². The Morgan fingerprint density at radius 2 is 2.15 bits per heavy atom. The summed E-state index contributed by atoms with van der Waals surface area (Å²) in [5, 5.41) is 9.32. The van der Waals surface area contributed by atoms with Gasteiger partial charge in [0.2, 0.25) is 0 Å². The van der Waals surface area contributed by atoms with Crippen LogP contribution in [0.4, 0.5) is 0 Å². The van der Waals surface area contributed by atoms with Gasteiger partial charge in [0.25, 0.3) is 0 Å². The van der Waals surface area contributed by atoms with Crippen molar-refractivity contribution in [2.24, 2.45) is 0 Å². The van der Waals surface area contributed by atoms with E-state index in [2.05, 4.69) is 40.0 Å². The van der Waals surface area contributed by atoms with Gasteiger partial charge in [0, 0.05) is 5.92 Å². The quantitative estimate of drug-likeness (QED) is 0.802. The number of aromatic nitrogens is 2. The van der Waals surface area contributed by atoms with E-state index >= 15 is 0 Å². The molecule has 0 N–H and O–H groups in total. The van der Waals surface area contributed by atoms with Crippen LogP contribution in [0.3, 0.4) is 0 Å². The standard InChI is InChI=1S/C9H15BrN2S/c1-3-5-6-7(4-2)8-11-12-9(10)13-8/h7H,3-6H2,1-2H3. The molecule has 1 heterocycles. The van der Waals surface area contributed by atoms with Crippen molar-refractivity contribution in [3.8, 4) is 0 Å². The van der Waals surface area contributed by atoms with Crippen LogP contribution in [0.5, 0.6) is 0 Å². The lowest BCUT2D eigenvalue weighted by atomic mass is 10.0. The molecule has 0 saturated carbocycles. The first kappa shape index (κ1) is 11.1. The molecule has 1 aromatic heterocycles. The summed E-state index contributed by atoms with van der Waals surface area (Å²) >= 11 is 5.01. The monoisotopic (exact) mass is 262 g/mol. The van der Waals surface area contributed by atoms with Gasteiger partial charge in [0.1, 0.15) is 5.01 Å². The summed E-state index contributed by atoms with van der Waals surface area (Å²) in [5.41, 5.74) is 0. The van der Waals surface area contributed by atoms with E-state index < -0.39 is 0 Å². The first-order valence-corrected chi connectivity index (χ1v) is 6.37. The average Bonchev–Trinajstić information content (AvgIpc) is 2.54. The molecule has 13 heavy (non-hydrogen) atoms. The third-order valence-electron chi connectivity index (χ3n) is 2.16. The van der Waals surface area contributed by atoms with Crippen LogP contribution in [0, 0.1) is 0 Å². The second kappa shape index (κ2) is 5.70. The molecule has 1 unspecified atom stereocenters. The molecule has 0 radical (unpaired) electrons. The molecule has 0 amide bonds. The molecule has 0 fully saturated rings. The summed E-state index contributed by atoms with van der Waals surface area (Å²) in [4.78, 5) is 0. The molecule has 0 spiro atoms. The van der Waals surface area contributed by atoms with Crippen molar-refractivity contribution in [3.63, 3.8) is 0 Å². The van der Waals surface area contributed by atoms with Gasteiger partial charge in [0.05, 0.1) is 0 Å². The normalized spacial score (nSPS) is 13.2. The third-order valence-corrected chi connectivity index (χ3v) is 3.68. The van der Waals surface area contributed by atoms with E-state index in [0.717, 1.165) is 3.92 Å². The molecule has 2 nitrogen and oxygen atoms in total. The van der Waals surface area contributed by atoms with Crippen molar-refractivity contribution in [1.82, 2.24) is 10.2 Å². The van der Waals surface area contributed by atoms with Gasteiger partial charge in [-0.15, -0.1) is 10.2 Å². The van der Waals surface area contributed by atoms with Crippen molar-refractivity contribution in [2.45, 2.75) is 45.4 Å². The Morgan fingerprint density at radius 1 is 1.38 bits per heavy atom. The number of hydrogen-bond donors (Lipinski definition) is 0. The summed E-state index contributed by atoms with van der Waals surface area (Å²) in [6, 6.07) is 0. The van der Waals surface area contributed by atoms with Crippen LogP contribution in [0.15, 0.2) is 3.92 Å².